The predicted octanol–water partition coefficient (Wildman–Crippen LogP) is 4.11. The Morgan fingerprint density at radius 1 is 0.971 bits per heavy atom. The molecule has 2 aromatic carbocycles. The molecule has 1 aliphatic heterocycles. The van der Waals surface area contributed by atoms with E-state index >= 15 is 0 Å². The minimum atomic E-state index is -1.15. The van der Waals surface area contributed by atoms with Gasteiger partial charge in [0, 0.05) is 30.6 Å². The molecule has 0 spiro atoms. The Labute approximate surface area is 204 Å². The van der Waals surface area contributed by atoms with Crippen LogP contribution in [0, 0.1) is 0 Å². The summed E-state index contributed by atoms with van der Waals surface area (Å²) in [6.07, 6.45) is 4.47. The zero-order valence-corrected chi connectivity index (χ0v) is 19.2. The number of nitrogens with zero attached hydrogens (tertiary/aromatic N) is 2. The maximum atomic E-state index is 12.7. The van der Waals surface area contributed by atoms with Crippen LogP contribution in [0.1, 0.15) is 36.6 Å². The van der Waals surface area contributed by atoms with Crippen molar-refractivity contribution in [3.05, 3.63) is 98.8 Å². The Morgan fingerprint density at radius 2 is 1.65 bits per heavy atom. The van der Waals surface area contributed by atoms with Gasteiger partial charge in [-0.05, 0) is 54.1 Å². The summed E-state index contributed by atoms with van der Waals surface area (Å²) in [4.78, 5) is 51.8. The third-order valence-corrected chi connectivity index (χ3v) is 5.59. The van der Waals surface area contributed by atoms with Gasteiger partial charge < -0.3 is 15.7 Å². The number of fused-ring (bicyclic) bond motifs is 1. The molecule has 0 atom stereocenters. The fourth-order valence-electron chi connectivity index (χ4n) is 3.09. The van der Waals surface area contributed by atoms with Gasteiger partial charge in [0.1, 0.15) is 0 Å². The van der Waals surface area contributed by atoms with Gasteiger partial charge in [-0.15, -0.1) is 0 Å². The Hall–Kier alpha value is -4.01. The number of benzene rings is 2. The molecule has 0 unspecified atom stereocenters. The number of halogens is 2. The fourth-order valence-corrected chi connectivity index (χ4v) is 3.39. The van der Waals surface area contributed by atoms with Crippen LogP contribution in [0.3, 0.4) is 0 Å². The van der Waals surface area contributed by atoms with E-state index in [0.717, 1.165) is 0 Å². The number of likely N-dealkylation sites (N-methyl/N-ethyl adjacent to an activating group) is 1. The zero-order chi connectivity index (χ0) is 25.0. The molecule has 2 amide bonds. The number of carbonyl (C=O) groups excluding carboxylic acids is 3. The molecule has 1 aliphatic rings. The van der Waals surface area contributed by atoms with E-state index in [0.29, 0.717) is 26.9 Å². The Bertz CT molecular complexity index is 1340. The molecule has 4 rings (SSSR count). The summed E-state index contributed by atoms with van der Waals surface area (Å²) in [7, 11) is 1.52. The van der Waals surface area contributed by atoms with E-state index in [-0.39, 0.29) is 16.7 Å². The van der Waals surface area contributed by atoms with Gasteiger partial charge in [-0.2, -0.15) is 0 Å². The highest BCUT2D eigenvalue weighted by molar-refractivity contribution is 6.42. The monoisotopic (exact) mass is 497 g/mol. The average Bonchev–Trinajstić information content (AvgIpc) is 2.83. The molecular formula is C24H17Cl2N3O5. The van der Waals surface area contributed by atoms with Crippen LogP contribution in [0.4, 0.5) is 5.69 Å². The minimum Gasteiger partial charge on any atom is -0.478 e. The van der Waals surface area contributed by atoms with Crippen molar-refractivity contribution in [1.82, 2.24) is 4.98 Å². The van der Waals surface area contributed by atoms with Crippen molar-refractivity contribution >= 4 is 58.5 Å². The molecule has 1 aromatic heterocycles. The molecule has 8 nitrogen and oxygen atoms in total. The minimum absolute atomic E-state index is 0.0243. The lowest BCUT2D eigenvalue weighted by Gasteiger charge is -2.26. The van der Waals surface area contributed by atoms with E-state index in [1.165, 1.54) is 48.6 Å². The highest BCUT2D eigenvalue weighted by Gasteiger charge is 2.33. The number of primary amides is 1. The molecule has 172 valence electrons. The maximum Gasteiger partial charge on any atom is 0.335 e. The molecule has 3 aromatic rings. The number of carbonyl (C=O) groups is 4. The molecule has 34 heavy (non-hydrogen) atoms. The lowest BCUT2D eigenvalue weighted by atomic mass is 9.92. The summed E-state index contributed by atoms with van der Waals surface area (Å²) < 4.78 is 0. The van der Waals surface area contributed by atoms with Gasteiger partial charge in [-0.1, -0.05) is 29.3 Å². The number of anilines is 1. The van der Waals surface area contributed by atoms with Crippen molar-refractivity contribution in [3.63, 3.8) is 0 Å². The van der Waals surface area contributed by atoms with Crippen molar-refractivity contribution in [2.75, 3.05) is 11.9 Å². The van der Waals surface area contributed by atoms with Gasteiger partial charge in [0.05, 0.1) is 26.9 Å². The first-order chi connectivity index (χ1) is 16.1. The van der Waals surface area contributed by atoms with E-state index in [1.807, 2.05) is 0 Å². The van der Waals surface area contributed by atoms with E-state index in [4.69, 9.17) is 34.0 Å². The molecular weight excluding hydrogens is 481 g/mol. The van der Waals surface area contributed by atoms with Crippen LogP contribution >= 0.6 is 23.2 Å². The van der Waals surface area contributed by atoms with Crippen molar-refractivity contribution < 1.29 is 24.3 Å². The summed E-state index contributed by atoms with van der Waals surface area (Å²) in [5.41, 5.74) is 6.41. The highest BCUT2D eigenvalue weighted by atomic mass is 35.5. The quantitative estimate of drug-likeness (QED) is 0.413. The van der Waals surface area contributed by atoms with Crippen molar-refractivity contribution in [2.45, 2.75) is 0 Å². The van der Waals surface area contributed by atoms with Gasteiger partial charge in [-0.3, -0.25) is 19.4 Å². The third kappa shape index (κ3) is 5.31. The lowest BCUT2D eigenvalue weighted by Crippen LogP contribution is -2.36. The molecule has 0 saturated carbocycles. The summed E-state index contributed by atoms with van der Waals surface area (Å²) in [6, 6.07) is 12.0. The second kappa shape index (κ2) is 10.3. The molecule has 3 N–H and O–H groups in total. The number of rotatable bonds is 3. The SMILES string of the molecule is CN1C(=O)/C(=C/c2ccc(Cl)c(Cl)c2)C(=O)c2cc(C(=O)O)ccc21.NC(=O)c1ccncc1. The average molecular weight is 498 g/mol. The summed E-state index contributed by atoms with van der Waals surface area (Å²) in [5.74, 6) is -2.58. The number of aromatic carboxylic acids is 1. The maximum absolute atomic E-state index is 12.7. The largest absolute Gasteiger partial charge is 0.478 e. The van der Waals surface area contributed by atoms with Gasteiger partial charge in [-0.25, -0.2) is 4.79 Å². The first-order valence-corrected chi connectivity index (χ1v) is 10.4. The van der Waals surface area contributed by atoms with E-state index in [2.05, 4.69) is 4.98 Å². The topological polar surface area (TPSA) is 131 Å². The number of ketones is 1. The molecule has 0 bridgehead atoms. The first kappa shape index (κ1) is 24.6. The predicted molar refractivity (Wildman–Crippen MR) is 128 cm³/mol. The standard InChI is InChI=1S/C18H11Cl2NO4.C6H6N2O/c1-21-15-5-3-10(18(24)25)8-11(15)16(22)12(17(21)23)6-9-2-4-13(19)14(20)7-9;7-6(9)5-1-3-8-4-2-5/h2-8H,1H3,(H,24,25);1-4H,(H2,7,9)/b12-6+;. The van der Waals surface area contributed by atoms with Crippen molar-refractivity contribution in [2.24, 2.45) is 5.73 Å². The number of hydrogen-bond acceptors (Lipinski definition) is 5. The summed E-state index contributed by atoms with van der Waals surface area (Å²) in [5, 5.41) is 9.77. The number of Topliss-reactive ketones (excluding diaryl/α,β-unsaturated/α-hetero) is 1. The van der Waals surface area contributed by atoms with E-state index in [9.17, 15) is 19.2 Å². The van der Waals surface area contributed by atoms with Gasteiger partial charge in [0.15, 0.2) is 0 Å². The molecule has 2 heterocycles. The number of hydrogen-bond donors (Lipinski definition) is 2. The van der Waals surface area contributed by atoms with Gasteiger partial charge in [0.2, 0.25) is 11.7 Å². The van der Waals surface area contributed by atoms with E-state index < -0.39 is 23.6 Å². The smallest absolute Gasteiger partial charge is 0.335 e. The number of nitrogens with two attached hydrogens (primary N) is 1. The summed E-state index contributed by atoms with van der Waals surface area (Å²) >= 11 is 11.8. The number of pyridine rings is 1. The molecule has 10 heteroatoms. The van der Waals surface area contributed by atoms with E-state index in [1.54, 1.807) is 30.3 Å². The van der Waals surface area contributed by atoms with Crippen LogP contribution in [0.15, 0.2) is 66.5 Å². The van der Waals surface area contributed by atoms with Crippen LogP contribution < -0.4 is 10.6 Å². The Kier molecular flexibility index (Phi) is 7.45. The second-order valence-electron chi connectivity index (χ2n) is 7.06. The van der Waals surface area contributed by atoms with Crippen LogP contribution in [0.25, 0.3) is 6.08 Å². The third-order valence-electron chi connectivity index (χ3n) is 4.85. The Morgan fingerprint density at radius 3 is 2.21 bits per heavy atom. The van der Waals surface area contributed by atoms with Crippen LogP contribution in [-0.2, 0) is 4.79 Å². The van der Waals surface area contributed by atoms with Crippen molar-refractivity contribution in [1.29, 1.82) is 0 Å². The van der Waals surface area contributed by atoms with Crippen LogP contribution in [-0.4, -0.2) is 40.7 Å². The normalized spacial score (nSPS) is 13.7. The Balaban J connectivity index is 0.000000302. The van der Waals surface area contributed by atoms with Gasteiger partial charge in [0.25, 0.3) is 5.91 Å². The summed E-state index contributed by atoms with van der Waals surface area (Å²) in [6.45, 7) is 0. The fraction of sp³-hybridized carbons (Fsp3) is 0.0417. The van der Waals surface area contributed by atoms with Crippen LogP contribution in [0.2, 0.25) is 10.0 Å². The zero-order valence-electron chi connectivity index (χ0n) is 17.7. The highest BCUT2D eigenvalue weighted by Crippen LogP contribution is 2.32. The first-order valence-electron chi connectivity index (χ1n) is 9.67. The van der Waals surface area contributed by atoms with Gasteiger partial charge >= 0.3 is 5.97 Å². The molecule has 0 saturated heterocycles. The lowest BCUT2D eigenvalue weighted by molar-refractivity contribution is -0.114. The number of carboxylic acid groups (broad SMARTS) is 1. The number of aromatic nitrogens is 1. The van der Waals surface area contributed by atoms with Crippen LogP contribution in [0.5, 0.6) is 0 Å². The molecule has 0 fully saturated rings. The molecule has 0 aliphatic carbocycles. The van der Waals surface area contributed by atoms with Crippen molar-refractivity contribution in [3.8, 4) is 0 Å². The number of amides is 2. The number of carboxylic acids is 1. The molecule has 0 radical (unpaired) electrons. The second-order valence-corrected chi connectivity index (χ2v) is 7.88.